The van der Waals surface area contributed by atoms with E-state index in [1.54, 1.807) is 0 Å². The first-order valence-electron chi connectivity index (χ1n) is 12.4. The lowest BCUT2D eigenvalue weighted by atomic mass is 9.70. The van der Waals surface area contributed by atoms with Gasteiger partial charge in [0.05, 0.1) is 16.6 Å². The normalized spacial score (nSPS) is 19.1. The van der Waals surface area contributed by atoms with Crippen molar-refractivity contribution >= 4 is 34.5 Å². The van der Waals surface area contributed by atoms with E-state index in [1.807, 2.05) is 4.57 Å². The van der Waals surface area contributed by atoms with Crippen LogP contribution in [0.15, 0.2) is 36.4 Å². The number of carbonyl (C=O) groups is 2. The lowest BCUT2D eigenvalue weighted by Crippen LogP contribution is -2.32. The maximum Gasteiger partial charge on any atom is 0.573 e. The van der Waals surface area contributed by atoms with Gasteiger partial charge >= 0.3 is 12.3 Å². The van der Waals surface area contributed by atoms with Gasteiger partial charge in [-0.3, -0.25) is 9.59 Å². The van der Waals surface area contributed by atoms with Crippen LogP contribution >= 0.6 is 0 Å². The van der Waals surface area contributed by atoms with Gasteiger partial charge in [0.1, 0.15) is 18.1 Å². The number of amides is 1. The monoisotopic (exact) mass is 550 g/mol. The molecule has 0 radical (unpaired) electrons. The number of nitrogens with one attached hydrogen (secondary N) is 1. The molecule has 2 N–H and O–H groups in total. The fourth-order valence-electron chi connectivity index (χ4n) is 5.58. The summed E-state index contributed by atoms with van der Waals surface area (Å²) in [4.78, 5) is 29.3. The number of fused-ring (bicyclic) bond motifs is 1. The van der Waals surface area contributed by atoms with Crippen LogP contribution in [0, 0.1) is 17.2 Å². The molecule has 1 saturated carbocycles. The van der Waals surface area contributed by atoms with Gasteiger partial charge in [-0.15, -0.1) is 13.2 Å². The first-order chi connectivity index (χ1) is 18.1. The molecular weight excluding hydrogens is 520 g/mol. The Hall–Kier alpha value is -3.83. The highest BCUT2D eigenvalue weighted by Gasteiger charge is 2.35. The minimum atomic E-state index is -4.81. The van der Waals surface area contributed by atoms with Crippen LogP contribution in [0.4, 0.5) is 29.2 Å². The van der Waals surface area contributed by atoms with Gasteiger partial charge in [0.2, 0.25) is 5.95 Å². The Labute approximate surface area is 222 Å². The molecule has 4 rings (SSSR count). The molecule has 210 valence electrons. The number of carboxylic acids is 1. The number of hydrogen-bond acceptors (Lipinski definition) is 5. The molecule has 0 saturated heterocycles. The Morgan fingerprint density at radius 2 is 1.87 bits per heavy atom. The van der Waals surface area contributed by atoms with Crippen LogP contribution in [-0.2, 0) is 4.79 Å². The topological polar surface area (TPSA) is 96.7 Å². The average molecular weight is 551 g/mol. The van der Waals surface area contributed by atoms with Crippen molar-refractivity contribution in [1.29, 1.82) is 0 Å². The van der Waals surface area contributed by atoms with Gasteiger partial charge in [-0.05, 0) is 60.9 Å². The molecule has 39 heavy (non-hydrogen) atoms. The molecule has 1 heterocycles. The number of hydrogen-bond donors (Lipinski definition) is 2. The third-order valence-corrected chi connectivity index (χ3v) is 6.80. The van der Waals surface area contributed by atoms with Gasteiger partial charge in [0.25, 0.3) is 5.91 Å². The van der Waals surface area contributed by atoms with Crippen molar-refractivity contribution in [2.45, 2.75) is 52.4 Å². The third-order valence-electron chi connectivity index (χ3n) is 6.80. The summed E-state index contributed by atoms with van der Waals surface area (Å²) in [5.74, 6) is -2.50. The van der Waals surface area contributed by atoms with Crippen LogP contribution < -0.4 is 10.1 Å². The largest absolute Gasteiger partial charge is 0.573 e. The van der Waals surface area contributed by atoms with Crippen LogP contribution in [-0.4, -0.2) is 51.4 Å². The van der Waals surface area contributed by atoms with Gasteiger partial charge in [-0.1, -0.05) is 20.8 Å². The van der Waals surface area contributed by atoms with Gasteiger partial charge in [-0.25, -0.2) is 9.37 Å². The Bertz CT molecular complexity index is 1390. The van der Waals surface area contributed by atoms with E-state index in [9.17, 15) is 22.8 Å². The van der Waals surface area contributed by atoms with E-state index in [2.05, 4.69) is 35.8 Å². The van der Waals surface area contributed by atoms with E-state index in [4.69, 9.17) is 5.11 Å². The van der Waals surface area contributed by atoms with Crippen molar-refractivity contribution < 1.29 is 37.0 Å². The zero-order valence-corrected chi connectivity index (χ0v) is 22.0. The number of halogens is 4. The molecule has 1 aliphatic rings. The Balaban J connectivity index is 1.77. The lowest BCUT2D eigenvalue weighted by Gasteiger charge is -2.40. The molecule has 2 atom stereocenters. The molecule has 2 aromatic carbocycles. The standard InChI is InChI=1S/C27H30F4N4O4/c1-15-9-17(13-26(2,3)12-15)35-22-11-20(28)19(24(38)34(4)14-23(36)37)10-21(22)33-25(35)32-16-5-7-18(8-6-16)39-27(29,30)31/h5-8,10-11,15,17H,9,12-14H2,1-4H3,(H,32,33)(H,36,37)/t15-,17+/m1/s1. The minimum absolute atomic E-state index is 0.000768. The minimum Gasteiger partial charge on any atom is -0.480 e. The molecule has 8 nitrogen and oxygen atoms in total. The van der Waals surface area contributed by atoms with E-state index in [0.29, 0.717) is 28.6 Å². The number of aliphatic carboxylic acids is 1. The summed E-state index contributed by atoms with van der Waals surface area (Å²) in [6.07, 6.45) is -2.22. The number of alkyl halides is 3. The van der Waals surface area contributed by atoms with Crippen molar-refractivity contribution in [2.75, 3.05) is 18.9 Å². The molecule has 3 aromatic rings. The highest BCUT2D eigenvalue weighted by Crippen LogP contribution is 2.46. The number of carboxylic acid groups (broad SMARTS) is 1. The number of carbonyl (C=O) groups excluding carboxylic acids is 1. The number of ether oxygens (including phenoxy) is 1. The fourth-order valence-corrected chi connectivity index (χ4v) is 5.58. The Kier molecular flexibility index (Phi) is 7.50. The maximum atomic E-state index is 15.3. The zero-order valence-electron chi connectivity index (χ0n) is 22.0. The molecule has 1 aliphatic carbocycles. The molecule has 0 bridgehead atoms. The number of anilines is 2. The second kappa shape index (κ2) is 10.4. The predicted molar refractivity (Wildman–Crippen MR) is 137 cm³/mol. The second-order valence-electron chi connectivity index (χ2n) is 10.9. The van der Waals surface area contributed by atoms with E-state index < -0.39 is 30.6 Å². The van der Waals surface area contributed by atoms with Crippen molar-refractivity contribution in [3.05, 3.63) is 47.8 Å². The number of benzene rings is 2. The molecule has 0 spiro atoms. The van der Waals surface area contributed by atoms with Gasteiger partial charge < -0.3 is 24.6 Å². The molecular formula is C27H30F4N4O4. The Morgan fingerprint density at radius 1 is 1.21 bits per heavy atom. The molecule has 12 heteroatoms. The predicted octanol–water partition coefficient (Wildman–Crippen LogP) is 6.36. The third kappa shape index (κ3) is 6.61. The summed E-state index contributed by atoms with van der Waals surface area (Å²) < 4.78 is 58.8. The first-order valence-corrected chi connectivity index (χ1v) is 12.4. The van der Waals surface area contributed by atoms with Crippen LogP contribution in [0.5, 0.6) is 5.75 Å². The molecule has 0 aliphatic heterocycles. The number of likely N-dealkylation sites (N-methyl/N-ethyl adjacent to an activating group) is 1. The van der Waals surface area contributed by atoms with E-state index in [-0.39, 0.29) is 22.8 Å². The molecule has 1 fully saturated rings. The quantitative estimate of drug-likeness (QED) is 0.332. The molecule has 0 unspecified atom stereocenters. The van der Waals surface area contributed by atoms with Gasteiger partial charge in [-0.2, -0.15) is 0 Å². The van der Waals surface area contributed by atoms with E-state index in [1.165, 1.54) is 43.4 Å². The summed E-state index contributed by atoms with van der Waals surface area (Å²) in [7, 11) is 1.27. The number of nitrogens with zero attached hydrogens (tertiary/aromatic N) is 3. The van der Waals surface area contributed by atoms with Crippen molar-refractivity contribution in [1.82, 2.24) is 14.5 Å². The van der Waals surface area contributed by atoms with Crippen molar-refractivity contribution in [2.24, 2.45) is 11.3 Å². The number of aromatic nitrogens is 2. The molecule has 1 amide bonds. The summed E-state index contributed by atoms with van der Waals surface area (Å²) in [6, 6.07) is 7.61. The fraction of sp³-hybridized carbons (Fsp3) is 0.444. The van der Waals surface area contributed by atoms with Gasteiger partial charge in [0.15, 0.2) is 0 Å². The second-order valence-corrected chi connectivity index (χ2v) is 10.9. The van der Waals surface area contributed by atoms with Crippen molar-refractivity contribution in [3.63, 3.8) is 0 Å². The lowest BCUT2D eigenvalue weighted by molar-refractivity contribution is -0.274. The smallest absolute Gasteiger partial charge is 0.480 e. The highest BCUT2D eigenvalue weighted by atomic mass is 19.4. The average Bonchev–Trinajstić information content (AvgIpc) is 3.13. The van der Waals surface area contributed by atoms with E-state index in [0.717, 1.165) is 24.2 Å². The SMILES string of the molecule is C[C@@H]1C[C@H](n2c(Nc3ccc(OC(F)(F)F)cc3)nc3cc(C(=O)N(C)CC(=O)O)c(F)cc32)CC(C)(C)C1. The number of rotatable bonds is 7. The maximum absolute atomic E-state index is 15.3. The first kappa shape index (κ1) is 28.2. The summed E-state index contributed by atoms with van der Waals surface area (Å²) in [5, 5.41) is 12.1. The zero-order chi connectivity index (χ0) is 28.7. The number of imidazole rings is 1. The highest BCUT2D eigenvalue weighted by molar-refractivity contribution is 5.99. The summed E-state index contributed by atoms with van der Waals surface area (Å²) >= 11 is 0. The summed E-state index contributed by atoms with van der Waals surface area (Å²) in [5.41, 5.74) is 0.884. The van der Waals surface area contributed by atoms with E-state index >= 15 is 4.39 Å². The van der Waals surface area contributed by atoms with Crippen LogP contribution in [0.2, 0.25) is 0 Å². The van der Waals surface area contributed by atoms with Crippen LogP contribution in [0.1, 0.15) is 56.4 Å². The van der Waals surface area contributed by atoms with Crippen molar-refractivity contribution in [3.8, 4) is 5.75 Å². The van der Waals surface area contributed by atoms with Gasteiger partial charge in [0, 0.05) is 24.8 Å². The molecule has 1 aromatic heterocycles. The van der Waals surface area contributed by atoms with Crippen LogP contribution in [0.3, 0.4) is 0 Å². The summed E-state index contributed by atoms with van der Waals surface area (Å²) in [6.45, 7) is 5.88. The van der Waals surface area contributed by atoms with Crippen LogP contribution in [0.25, 0.3) is 11.0 Å². The Morgan fingerprint density at radius 3 is 2.46 bits per heavy atom.